The smallest absolute Gasteiger partial charge is 0.191 e. The molecular formula is C14H24IN7. The molecule has 2 aromatic heterocycles. The molecule has 7 nitrogen and oxygen atoms in total. The Labute approximate surface area is 148 Å². The Kier molecular flexibility index (Phi) is 8.10. The molecule has 0 radical (unpaired) electrons. The lowest BCUT2D eigenvalue weighted by atomic mass is 10.4. The van der Waals surface area contributed by atoms with Gasteiger partial charge in [0, 0.05) is 26.3 Å². The van der Waals surface area contributed by atoms with Crippen molar-refractivity contribution in [1.82, 2.24) is 30.1 Å². The van der Waals surface area contributed by atoms with Crippen molar-refractivity contribution in [3.8, 4) is 0 Å². The number of halogens is 1. The van der Waals surface area contributed by atoms with Gasteiger partial charge in [-0.05, 0) is 25.7 Å². The maximum absolute atomic E-state index is 4.21. The maximum Gasteiger partial charge on any atom is 0.191 e. The normalized spacial score (nSPS) is 11.5. The predicted molar refractivity (Wildman–Crippen MR) is 99.8 cm³/mol. The van der Waals surface area contributed by atoms with Crippen LogP contribution in [0.15, 0.2) is 29.4 Å². The highest BCUT2D eigenvalue weighted by Gasteiger charge is 2.05. The van der Waals surface area contributed by atoms with Gasteiger partial charge in [-0.15, -0.1) is 34.2 Å². The first-order valence-electron chi connectivity index (χ1n) is 7.16. The highest BCUT2D eigenvalue weighted by molar-refractivity contribution is 14.0. The van der Waals surface area contributed by atoms with E-state index in [1.165, 1.54) is 0 Å². The number of nitrogens with zero attached hydrogens (tertiary/aromatic N) is 5. The molecule has 2 heterocycles. The minimum atomic E-state index is 0. The third kappa shape index (κ3) is 5.09. The summed E-state index contributed by atoms with van der Waals surface area (Å²) in [6.07, 6.45) is 1.96. The fourth-order valence-electron chi connectivity index (χ4n) is 1.92. The van der Waals surface area contributed by atoms with Gasteiger partial charge in [0.25, 0.3) is 0 Å². The number of hydrogen-bond donors (Lipinski definition) is 2. The fraction of sp³-hybridized carbons (Fsp3) is 0.500. The second-order valence-electron chi connectivity index (χ2n) is 4.79. The monoisotopic (exact) mass is 417 g/mol. The number of likely N-dealkylation sites (N-methyl/N-ethyl adjacent to an activating group) is 1. The summed E-state index contributed by atoms with van der Waals surface area (Å²) in [5.74, 6) is 1.63. The van der Waals surface area contributed by atoms with Crippen molar-refractivity contribution in [2.24, 2.45) is 4.99 Å². The molecule has 0 aromatic carbocycles. The zero-order valence-corrected chi connectivity index (χ0v) is 15.6. The van der Waals surface area contributed by atoms with Crippen LogP contribution in [0.5, 0.6) is 0 Å². The predicted octanol–water partition coefficient (Wildman–Crippen LogP) is 0.964. The van der Waals surface area contributed by atoms with E-state index in [9.17, 15) is 0 Å². The first kappa shape index (κ1) is 18.6. The Morgan fingerprint density at radius 2 is 2.14 bits per heavy atom. The number of hydrogen-bond acceptors (Lipinski definition) is 4. The summed E-state index contributed by atoms with van der Waals surface area (Å²) in [5.41, 5.74) is 0.849. The number of guanidine groups is 1. The molecule has 0 aliphatic carbocycles. The minimum absolute atomic E-state index is 0. The van der Waals surface area contributed by atoms with Crippen LogP contribution in [0.2, 0.25) is 0 Å². The van der Waals surface area contributed by atoms with Crippen LogP contribution in [-0.4, -0.2) is 59.2 Å². The molecule has 0 spiro atoms. The molecule has 22 heavy (non-hydrogen) atoms. The van der Waals surface area contributed by atoms with Crippen LogP contribution in [0.1, 0.15) is 12.7 Å². The van der Waals surface area contributed by atoms with Crippen LogP contribution in [-0.2, 0) is 6.54 Å². The Hall–Kier alpha value is -1.42. The second kappa shape index (κ2) is 9.57. The summed E-state index contributed by atoms with van der Waals surface area (Å²) in [7, 11) is 3.86. The third-order valence-electron chi connectivity index (χ3n) is 3.35. The molecule has 0 atom stereocenters. The molecule has 122 valence electrons. The summed E-state index contributed by atoms with van der Waals surface area (Å²) in [4.78, 5) is 6.45. The average Bonchev–Trinajstić information content (AvgIpc) is 2.93. The molecule has 0 fully saturated rings. The molecule has 8 heteroatoms. The SMILES string of the molecule is CCN(C)CCNC(=NC)NCc1nnc2ccccn12.I. The number of aromatic nitrogens is 3. The Morgan fingerprint density at radius 3 is 2.86 bits per heavy atom. The molecule has 0 aliphatic rings. The molecule has 0 amide bonds. The molecule has 0 saturated carbocycles. The minimum Gasteiger partial charge on any atom is -0.355 e. The lowest BCUT2D eigenvalue weighted by Crippen LogP contribution is -2.40. The zero-order chi connectivity index (χ0) is 15.1. The molecule has 2 N–H and O–H groups in total. The van der Waals surface area contributed by atoms with Crippen LogP contribution >= 0.6 is 24.0 Å². The number of aliphatic imine (C=N–C) groups is 1. The number of rotatable bonds is 6. The zero-order valence-electron chi connectivity index (χ0n) is 13.3. The first-order chi connectivity index (χ1) is 10.2. The van der Waals surface area contributed by atoms with Gasteiger partial charge in [-0.3, -0.25) is 9.39 Å². The molecule has 2 rings (SSSR count). The molecule has 0 saturated heterocycles. The van der Waals surface area contributed by atoms with Crippen molar-refractivity contribution in [2.45, 2.75) is 13.5 Å². The lowest BCUT2D eigenvalue weighted by molar-refractivity contribution is 0.357. The van der Waals surface area contributed by atoms with Gasteiger partial charge in [0.2, 0.25) is 0 Å². The van der Waals surface area contributed by atoms with E-state index in [-0.39, 0.29) is 24.0 Å². The number of fused-ring (bicyclic) bond motifs is 1. The Balaban J connectivity index is 0.00000242. The maximum atomic E-state index is 4.21. The van der Waals surface area contributed by atoms with Crippen molar-refractivity contribution in [3.05, 3.63) is 30.2 Å². The van der Waals surface area contributed by atoms with Crippen LogP contribution in [0, 0.1) is 0 Å². The van der Waals surface area contributed by atoms with Gasteiger partial charge < -0.3 is 15.5 Å². The molecule has 2 aromatic rings. The molecular weight excluding hydrogens is 393 g/mol. The van der Waals surface area contributed by atoms with Crippen molar-refractivity contribution >= 4 is 35.6 Å². The van der Waals surface area contributed by atoms with Crippen molar-refractivity contribution in [3.63, 3.8) is 0 Å². The largest absolute Gasteiger partial charge is 0.355 e. The summed E-state index contributed by atoms with van der Waals surface area (Å²) in [6.45, 7) is 5.59. The Bertz CT molecular complexity index is 596. The summed E-state index contributed by atoms with van der Waals surface area (Å²) in [6, 6.07) is 5.85. The molecule has 0 unspecified atom stereocenters. The van der Waals surface area contributed by atoms with E-state index in [0.717, 1.165) is 37.1 Å². The molecule has 0 bridgehead atoms. The van der Waals surface area contributed by atoms with E-state index in [1.54, 1.807) is 7.05 Å². The van der Waals surface area contributed by atoms with Crippen molar-refractivity contribution < 1.29 is 0 Å². The van der Waals surface area contributed by atoms with Gasteiger partial charge in [-0.2, -0.15) is 0 Å². The van der Waals surface area contributed by atoms with Crippen LogP contribution in [0.4, 0.5) is 0 Å². The van der Waals surface area contributed by atoms with Crippen LogP contribution < -0.4 is 10.6 Å². The van der Waals surface area contributed by atoms with Gasteiger partial charge in [-0.1, -0.05) is 13.0 Å². The van der Waals surface area contributed by atoms with Crippen LogP contribution in [0.25, 0.3) is 5.65 Å². The summed E-state index contributed by atoms with van der Waals surface area (Å²) < 4.78 is 1.96. The highest BCUT2D eigenvalue weighted by Crippen LogP contribution is 2.01. The van der Waals surface area contributed by atoms with E-state index in [0.29, 0.717) is 6.54 Å². The molecule has 0 aliphatic heterocycles. The average molecular weight is 417 g/mol. The van der Waals surface area contributed by atoms with Gasteiger partial charge in [0.05, 0.1) is 6.54 Å². The van der Waals surface area contributed by atoms with E-state index in [4.69, 9.17) is 0 Å². The van der Waals surface area contributed by atoms with E-state index >= 15 is 0 Å². The van der Waals surface area contributed by atoms with E-state index in [1.807, 2.05) is 28.8 Å². The van der Waals surface area contributed by atoms with Gasteiger partial charge in [-0.25, -0.2) is 0 Å². The van der Waals surface area contributed by atoms with E-state index < -0.39 is 0 Å². The lowest BCUT2D eigenvalue weighted by Gasteiger charge is -2.16. The van der Waals surface area contributed by atoms with Crippen molar-refractivity contribution in [2.75, 3.05) is 33.7 Å². The van der Waals surface area contributed by atoms with Crippen molar-refractivity contribution in [1.29, 1.82) is 0 Å². The van der Waals surface area contributed by atoms with E-state index in [2.05, 4.69) is 44.7 Å². The topological polar surface area (TPSA) is 69.8 Å². The highest BCUT2D eigenvalue weighted by atomic mass is 127. The Morgan fingerprint density at radius 1 is 1.32 bits per heavy atom. The number of nitrogens with one attached hydrogen (secondary N) is 2. The standard InChI is InChI=1S/C14H23N7.HI/c1-4-20(3)10-8-16-14(15-2)17-11-13-19-18-12-7-5-6-9-21(12)13;/h5-7,9H,4,8,10-11H2,1-3H3,(H2,15,16,17);1H. The van der Waals surface area contributed by atoms with Gasteiger partial charge >= 0.3 is 0 Å². The quantitative estimate of drug-likeness (QED) is 0.417. The first-order valence-corrected chi connectivity index (χ1v) is 7.16. The fourth-order valence-corrected chi connectivity index (χ4v) is 1.92. The van der Waals surface area contributed by atoms with Gasteiger partial charge in [0.1, 0.15) is 0 Å². The third-order valence-corrected chi connectivity index (χ3v) is 3.35. The van der Waals surface area contributed by atoms with Crippen LogP contribution in [0.3, 0.4) is 0 Å². The second-order valence-corrected chi connectivity index (χ2v) is 4.79. The van der Waals surface area contributed by atoms with Gasteiger partial charge in [0.15, 0.2) is 17.4 Å². The number of pyridine rings is 1. The summed E-state index contributed by atoms with van der Waals surface area (Å²) in [5, 5.41) is 14.8. The summed E-state index contributed by atoms with van der Waals surface area (Å²) >= 11 is 0.